The van der Waals surface area contributed by atoms with Gasteiger partial charge in [0.15, 0.2) is 0 Å². The van der Waals surface area contributed by atoms with E-state index in [2.05, 4.69) is 40.5 Å². The van der Waals surface area contributed by atoms with Crippen LogP contribution in [0.1, 0.15) is 48.5 Å². The van der Waals surface area contributed by atoms with Crippen LogP contribution < -0.4 is 5.32 Å². The Kier molecular flexibility index (Phi) is 6.08. The molecule has 1 atom stereocenters. The number of aliphatic hydroxyl groups is 1. The molecule has 2 aliphatic heterocycles. The molecule has 148 valence electrons. The monoisotopic (exact) mass is 378 g/mol. The molecule has 2 aromatic carbocycles. The van der Waals surface area contributed by atoms with Gasteiger partial charge in [-0.05, 0) is 62.2 Å². The summed E-state index contributed by atoms with van der Waals surface area (Å²) < 4.78 is 0. The van der Waals surface area contributed by atoms with Gasteiger partial charge in [-0.15, -0.1) is 0 Å². The number of aryl methyl sites for hydroxylation is 2. The van der Waals surface area contributed by atoms with E-state index in [4.69, 9.17) is 0 Å². The fourth-order valence-electron chi connectivity index (χ4n) is 4.52. The van der Waals surface area contributed by atoms with Gasteiger partial charge in [0.05, 0.1) is 6.10 Å². The van der Waals surface area contributed by atoms with Gasteiger partial charge in [-0.3, -0.25) is 4.79 Å². The molecule has 4 heteroatoms. The molecule has 0 bridgehead atoms. The van der Waals surface area contributed by atoms with E-state index in [0.29, 0.717) is 13.0 Å². The molecule has 1 amide bonds. The Bertz CT molecular complexity index is 798. The van der Waals surface area contributed by atoms with Crippen LogP contribution in [0.5, 0.6) is 0 Å². The van der Waals surface area contributed by atoms with Crippen molar-refractivity contribution in [3.8, 4) is 0 Å². The van der Waals surface area contributed by atoms with Crippen molar-refractivity contribution >= 4 is 11.6 Å². The highest BCUT2D eigenvalue weighted by atomic mass is 16.3. The molecule has 0 spiro atoms. The van der Waals surface area contributed by atoms with Gasteiger partial charge in [-0.1, -0.05) is 48.5 Å². The predicted octanol–water partition coefficient (Wildman–Crippen LogP) is 3.95. The summed E-state index contributed by atoms with van der Waals surface area (Å²) in [6.07, 6.45) is 5.53. The van der Waals surface area contributed by atoms with Crippen LogP contribution in [-0.2, 0) is 17.6 Å². The molecule has 4 nitrogen and oxygen atoms in total. The molecule has 2 aliphatic rings. The molecule has 1 unspecified atom stereocenters. The third kappa shape index (κ3) is 4.62. The number of hydrogen-bond acceptors (Lipinski definition) is 3. The number of piperidine rings is 1. The van der Waals surface area contributed by atoms with Crippen molar-refractivity contribution in [2.24, 2.45) is 5.92 Å². The van der Waals surface area contributed by atoms with Crippen LogP contribution in [-0.4, -0.2) is 35.5 Å². The van der Waals surface area contributed by atoms with Gasteiger partial charge in [0, 0.05) is 24.2 Å². The van der Waals surface area contributed by atoms with Crippen molar-refractivity contribution in [1.82, 2.24) is 4.90 Å². The minimum atomic E-state index is -0.561. The highest BCUT2D eigenvalue weighted by molar-refractivity contribution is 5.94. The van der Waals surface area contributed by atoms with Crippen molar-refractivity contribution in [1.29, 1.82) is 0 Å². The van der Waals surface area contributed by atoms with Gasteiger partial charge in [0.25, 0.3) is 0 Å². The maximum absolute atomic E-state index is 11.8. The number of para-hydroxylation sites is 1. The largest absolute Gasteiger partial charge is 0.387 e. The summed E-state index contributed by atoms with van der Waals surface area (Å²) in [7, 11) is 0. The first-order valence-electron chi connectivity index (χ1n) is 10.5. The van der Waals surface area contributed by atoms with Gasteiger partial charge >= 0.3 is 0 Å². The Hall–Kier alpha value is -2.17. The normalized spacial score (nSPS) is 19.1. The number of anilines is 1. The number of likely N-dealkylation sites (tertiary alicyclic amines) is 1. The molecule has 1 fully saturated rings. The zero-order valence-corrected chi connectivity index (χ0v) is 16.4. The van der Waals surface area contributed by atoms with Gasteiger partial charge in [0.2, 0.25) is 5.91 Å². The maximum atomic E-state index is 11.8. The lowest BCUT2D eigenvalue weighted by Crippen LogP contribution is -2.37. The molecule has 4 rings (SSSR count). The molecule has 0 aliphatic carbocycles. The minimum absolute atomic E-state index is 0.0476. The number of carbonyl (C=O) groups is 1. The zero-order chi connectivity index (χ0) is 19.3. The smallest absolute Gasteiger partial charge is 0.224 e. The third-order valence-corrected chi connectivity index (χ3v) is 6.25. The van der Waals surface area contributed by atoms with Crippen molar-refractivity contribution in [2.45, 2.75) is 44.6 Å². The van der Waals surface area contributed by atoms with E-state index >= 15 is 0 Å². The van der Waals surface area contributed by atoms with Crippen LogP contribution in [0.3, 0.4) is 0 Å². The lowest BCUT2D eigenvalue weighted by Gasteiger charge is -2.34. The highest BCUT2D eigenvalue weighted by Gasteiger charge is 2.25. The number of amides is 1. The summed E-state index contributed by atoms with van der Waals surface area (Å²) in [5.74, 6) is 0.823. The molecular formula is C24H30N2O2. The van der Waals surface area contributed by atoms with Gasteiger partial charge < -0.3 is 15.3 Å². The van der Waals surface area contributed by atoms with Crippen LogP contribution in [0.25, 0.3) is 0 Å². The number of β-amino-alcohol motifs (C(OH)–C–C–N with tert-alkyl or cyclic N) is 1. The third-order valence-electron chi connectivity index (χ3n) is 6.25. The van der Waals surface area contributed by atoms with Crippen LogP contribution in [0.2, 0.25) is 0 Å². The van der Waals surface area contributed by atoms with E-state index < -0.39 is 6.10 Å². The first kappa shape index (κ1) is 19.2. The standard InChI is InChI=1S/C24H30N2O2/c27-22(21-8-4-7-20-11-12-23(28)25-24(20)21)17-26-15-13-19(14-16-26)10-9-18-5-2-1-3-6-18/h1-8,19,22,27H,9-17H2,(H,25,28). The Morgan fingerprint density at radius 3 is 2.61 bits per heavy atom. The van der Waals surface area contributed by atoms with Crippen molar-refractivity contribution < 1.29 is 9.90 Å². The molecule has 28 heavy (non-hydrogen) atoms. The van der Waals surface area contributed by atoms with Gasteiger partial charge in [-0.2, -0.15) is 0 Å². The minimum Gasteiger partial charge on any atom is -0.387 e. The van der Waals surface area contributed by atoms with Gasteiger partial charge in [0.1, 0.15) is 0 Å². The van der Waals surface area contributed by atoms with Crippen molar-refractivity contribution in [3.05, 3.63) is 65.2 Å². The number of rotatable bonds is 6. The molecule has 0 aromatic heterocycles. The number of fused-ring (bicyclic) bond motifs is 1. The SMILES string of the molecule is O=C1CCc2cccc(C(O)CN3CCC(CCc4ccccc4)CC3)c2N1. The Morgan fingerprint density at radius 2 is 1.82 bits per heavy atom. The van der Waals surface area contributed by atoms with E-state index in [1.165, 1.54) is 24.8 Å². The number of benzene rings is 2. The predicted molar refractivity (Wildman–Crippen MR) is 112 cm³/mol. The Balaban J connectivity index is 1.29. The molecule has 1 saturated heterocycles. The summed E-state index contributed by atoms with van der Waals surface area (Å²) in [6, 6.07) is 16.7. The van der Waals surface area contributed by atoms with Gasteiger partial charge in [-0.25, -0.2) is 0 Å². The second-order valence-corrected chi connectivity index (χ2v) is 8.21. The maximum Gasteiger partial charge on any atom is 0.224 e. The summed E-state index contributed by atoms with van der Waals surface area (Å²) in [4.78, 5) is 14.2. The molecule has 0 radical (unpaired) electrons. The summed E-state index contributed by atoms with van der Waals surface area (Å²) >= 11 is 0. The first-order valence-corrected chi connectivity index (χ1v) is 10.5. The van der Waals surface area contributed by atoms with Crippen molar-refractivity contribution in [2.75, 3.05) is 25.0 Å². The Morgan fingerprint density at radius 1 is 1.04 bits per heavy atom. The number of nitrogens with one attached hydrogen (secondary N) is 1. The van der Waals surface area contributed by atoms with E-state index in [-0.39, 0.29) is 5.91 Å². The molecule has 2 heterocycles. The first-order chi connectivity index (χ1) is 13.7. The van der Waals surface area contributed by atoms with E-state index in [9.17, 15) is 9.90 Å². The fraction of sp³-hybridized carbons (Fsp3) is 0.458. The lowest BCUT2D eigenvalue weighted by molar-refractivity contribution is -0.116. The summed E-state index contributed by atoms with van der Waals surface area (Å²) in [6.45, 7) is 2.72. The van der Waals surface area contributed by atoms with E-state index in [1.807, 2.05) is 18.2 Å². The van der Waals surface area contributed by atoms with E-state index in [1.54, 1.807) is 0 Å². The number of hydrogen-bond donors (Lipinski definition) is 2. The number of aliphatic hydroxyl groups excluding tert-OH is 1. The number of carbonyl (C=O) groups excluding carboxylic acids is 1. The summed E-state index contributed by atoms with van der Waals surface area (Å²) in [5, 5.41) is 13.8. The molecular weight excluding hydrogens is 348 g/mol. The summed E-state index contributed by atoms with van der Waals surface area (Å²) in [5.41, 5.74) is 4.26. The topological polar surface area (TPSA) is 52.6 Å². The van der Waals surface area contributed by atoms with Crippen LogP contribution >= 0.6 is 0 Å². The molecule has 0 saturated carbocycles. The Labute approximate surface area is 167 Å². The van der Waals surface area contributed by atoms with E-state index in [0.717, 1.165) is 48.7 Å². The molecule has 2 aromatic rings. The zero-order valence-electron chi connectivity index (χ0n) is 16.4. The lowest BCUT2D eigenvalue weighted by atomic mass is 9.90. The average molecular weight is 379 g/mol. The van der Waals surface area contributed by atoms with Crippen LogP contribution in [0.4, 0.5) is 5.69 Å². The fourth-order valence-corrected chi connectivity index (χ4v) is 4.52. The second-order valence-electron chi connectivity index (χ2n) is 8.21. The van der Waals surface area contributed by atoms with Crippen LogP contribution in [0.15, 0.2) is 48.5 Å². The second kappa shape index (κ2) is 8.89. The highest BCUT2D eigenvalue weighted by Crippen LogP contribution is 2.32. The van der Waals surface area contributed by atoms with Crippen molar-refractivity contribution in [3.63, 3.8) is 0 Å². The average Bonchev–Trinajstić information content (AvgIpc) is 2.73. The number of nitrogens with zero attached hydrogens (tertiary/aromatic N) is 1. The van der Waals surface area contributed by atoms with Crippen LogP contribution in [0, 0.1) is 5.92 Å². The quantitative estimate of drug-likeness (QED) is 0.800. The molecule has 2 N–H and O–H groups in total.